The first-order chi connectivity index (χ1) is 9.23. The monoisotopic (exact) mass is 310 g/mol. The average molecular weight is 311 g/mol. The number of rotatable bonds is 3. The maximum Gasteiger partial charge on any atom is 0.327 e. The van der Waals surface area contributed by atoms with E-state index in [2.05, 4.69) is 9.97 Å². The fourth-order valence-electron chi connectivity index (χ4n) is 1.62. The molecule has 1 heterocycles. The molecule has 0 radical (unpaired) electrons. The molecule has 2 aromatic rings. The highest BCUT2D eigenvalue weighted by molar-refractivity contribution is 6.21. The second-order valence-corrected chi connectivity index (χ2v) is 4.49. The van der Waals surface area contributed by atoms with Gasteiger partial charge in [-0.25, -0.2) is 8.78 Å². The number of halogens is 5. The van der Waals surface area contributed by atoms with Gasteiger partial charge in [-0.15, -0.1) is 11.6 Å². The Morgan fingerprint density at radius 2 is 1.60 bits per heavy atom. The molecule has 0 aliphatic rings. The highest BCUT2D eigenvalue weighted by atomic mass is 35.5. The number of H-pyrrole nitrogens is 2. The molecule has 20 heavy (non-hydrogen) atoms. The third kappa shape index (κ3) is 2.43. The predicted octanol–water partition coefficient (Wildman–Crippen LogP) is 2.40. The van der Waals surface area contributed by atoms with Gasteiger partial charge in [0, 0.05) is 0 Å². The lowest BCUT2D eigenvalue weighted by molar-refractivity contribution is -0.130. The Morgan fingerprint density at radius 1 is 1.05 bits per heavy atom. The molecular formula is C11H7ClF4N2O2. The van der Waals surface area contributed by atoms with Crippen LogP contribution in [0.25, 0.3) is 11.0 Å². The van der Waals surface area contributed by atoms with E-state index in [4.69, 9.17) is 11.6 Å². The van der Waals surface area contributed by atoms with Crippen molar-refractivity contribution in [1.82, 2.24) is 9.97 Å². The molecule has 2 rings (SSSR count). The second-order valence-electron chi connectivity index (χ2n) is 4.05. The quantitative estimate of drug-likeness (QED) is 0.519. The van der Waals surface area contributed by atoms with Crippen molar-refractivity contribution >= 4 is 22.6 Å². The zero-order chi connectivity index (χ0) is 15.1. The van der Waals surface area contributed by atoms with E-state index in [-0.39, 0.29) is 16.6 Å². The number of alkyl halides is 5. The minimum atomic E-state index is -4.42. The van der Waals surface area contributed by atoms with E-state index in [0.29, 0.717) is 0 Å². The fourth-order valence-corrected chi connectivity index (χ4v) is 1.85. The zero-order valence-electron chi connectivity index (χ0n) is 9.59. The largest absolute Gasteiger partial charge is 0.327 e. The van der Waals surface area contributed by atoms with Crippen molar-refractivity contribution < 1.29 is 17.6 Å². The SMILES string of the molecule is O=c1[nH]c2ccc(C(Cl)C(F)(F)C(F)F)cc2[nH]c1=O. The Balaban J connectivity index is 2.54. The highest BCUT2D eigenvalue weighted by Crippen LogP contribution is 2.41. The molecule has 0 bridgehead atoms. The summed E-state index contributed by atoms with van der Waals surface area (Å²) in [7, 11) is 0. The van der Waals surface area contributed by atoms with Gasteiger partial charge < -0.3 is 9.97 Å². The van der Waals surface area contributed by atoms with Crippen LogP contribution in [0.1, 0.15) is 10.9 Å². The lowest BCUT2D eigenvalue weighted by Crippen LogP contribution is -2.32. The van der Waals surface area contributed by atoms with E-state index in [9.17, 15) is 27.2 Å². The Bertz CT molecular complexity index is 756. The Morgan fingerprint density at radius 3 is 2.15 bits per heavy atom. The minimum Gasteiger partial charge on any atom is -0.316 e. The van der Waals surface area contributed by atoms with Crippen LogP contribution in [-0.2, 0) is 0 Å². The van der Waals surface area contributed by atoms with Gasteiger partial charge in [-0.05, 0) is 17.7 Å². The van der Waals surface area contributed by atoms with Crippen molar-refractivity contribution in [2.75, 3.05) is 0 Å². The predicted molar refractivity (Wildman–Crippen MR) is 64.7 cm³/mol. The number of hydrogen-bond donors (Lipinski definition) is 2. The van der Waals surface area contributed by atoms with Crippen molar-refractivity contribution in [2.24, 2.45) is 0 Å². The van der Waals surface area contributed by atoms with E-state index in [1.165, 1.54) is 6.07 Å². The average Bonchev–Trinajstić information content (AvgIpc) is 2.38. The van der Waals surface area contributed by atoms with Crippen LogP contribution in [0.3, 0.4) is 0 Å². The van der Waals surface area contributed by atoms with Crippen molar-refractivity contribution in [3.63, 3.8) is 0 Å². The van der Waals surface area contributed by atoms with Crippen LogP contribution in [-0.4, -0.2) is 22.3 Å². The summed E-state index contributed by atoms with van der Waals surface area (Å²) >= 11 is 5.37. The van der Waals surface area contributed by atoms with Gasteiger partial charge in [-0.1, -0.05) is 6.07 Å². The Kier molecular flexibility index (Phi) is 3.59. The highest BCUT2D eigenvalue weighted by Gasteiger charge is 2.48. The molecule has 0 amide bonds. The van der Waals surface area contributed by atoms with Crippen molar-refractivity contribution in [3.05, 3.63) is 44.5 Å². The van der Waals surface area contributed by atoms with E-state index >= 15 is 0 Å². The van der Waals surface area contributed by atoms with Crippen molar-refractivity contribution in [1.29, 1.82) is 0 Å². The summed E-state index contributed by atoms with van der Waals surface area (Å²) in [5, 5.41) is -2.26. The van der Waals surface area contributed by atoms with E-state index in [1.54, 1.807) is 0 Å². The number of aromatic amines is 2. The number of hydrogen-bond acceptors (Lipinski definition) is 2. The topological polar surface area (TPSA) is 65.7 Å². The van der Waals surface area contributed by atoms with Gasteiger partial charge in [0.15, 0.2) is 0 Å². The first kappa shape index (κ1) is 14.6. The number of nitrogens with one attached hydrogen (secondary N) is 2. The van der Waals surface area contributed by atoms with Crippen LogP contribution in [0, 0.1) is 0 Å². The fraction of sp³-hybridized carbons (Fsp3) is 0.273. The summed E-state index contributed by atoms with van der Waals surface area (Å²) in [6.45, 7) is 0. The van der Waals surface area contributed by atoms with Gasteiger partial charge in [0.2, 0.25) is 0 Å². The molecule has 0 saturated heterocycles. The molecule has 0 aliphatic heterocycles. The van der Waals surface area contributed by atoms with E-state index in [1.807, 2.05) is 0 Å². The molecule has 108 valence electrons. The maximum absolute atomic E-state index is 13.2. The van der Waals surface area contributed by atoms with Crippen LogP contribution in [0.5, 0.6) is 0 Å². The van der Waals surface area contributed by atoms with Crippen LogP contribution < -0.4 is 11.1 Å². The van der Waals surface area contributed by atoms with Crippen LogP contribution in [0.15, 0.2) is 27.8 Å². The molecular weight excluding hydrogens is 304 g/mol. The first-order valence-corrected chi connectivity index (χ1v) is 5.73. The van der Waals surface area contributed by atoms with Crippen molar-refractivity contribution in [2.45, 2.75) is 17.7 Å². The molecule has 4 nitrogen and oxygen atoms in total. The molecule has 0 spiro atoms. The summed E-state index contributed by atoms with van der Waals surface area (Å²) in [5.74, 6) is -4.42. The zero-order valence-corrected chi connectivity index (χ0v) is 10.3. The van der Waals surface area contributed by atoms with Gasteiger partial charge in [-0.3, -0.25) is 9.59 Å². The smallest absolute Gasteiger partial charge is 0.316 e. The molecule has 0 fully saturated rings. The molecule has 1 atom stereocenters. The minimum absolute atomic E-state index is 0.0165. The molecule has 0 aliphatic carbocycles. The number of aromatic nitrogens is 2. The standard InChI is InChI=1S/C11H7ClF4N2O2/c12-7(11(15,16)10(13)14)4-1-2-5-6(3-4)18-9(20)8(19)17-5/h1-3,7,10H,(H,17,19)(H,18,20). The maximum atomic E-state index is 13.2. The normalized spacial score (nSPS) is 13.9. The van der Waals surface area contributed by atoms with Crippen LogP contribution in [0.2, 0.25) is 0 Å². The Hall–Kier alpha value is -1.83. The second kappa shape index (κ2) is 4.93. The molecule has 9 heteroatoms. The molecule has 1 aromatic heterocycles. The van der Waals surface area contributed by atoms with Crippen molar-refractivity contribution in [3.8, 4) is 0 Å². The van der Waals surface area contributed by atoms with Gasteiger partial charge in [0.1, 0.15) is 5.38 Å². The lowest BCUT2D eigenvalue weighted by atomic mass is 10.1. The molecule has 1 unspecified atom stereocenters. The lowest BCUT2D eigenvalue weighted by Gasteiger charge is -2.21. The summed E-state index contributed by atoms with van der Waals surface area (Å²) in [6.07, 6.45) is -3.92. The molecule has 2 N–H and O–H groups in total. The van der Waals surface area contributed by atoms with Gasteiger partial charge >= 0.3 is 23.5 Å². The van der Waals surface area contributed by atoms with Crippen LogP contribution in [0.4, 0.5) is 17.6 Å². The van der Waals surface area contributed by atoms with Crippen LogP contribution >= 0.6 is 11.6 Å². The van der Waals surface area contributed by atoms with Gasteiger partial charge in [0.05, 0.1) is 11.0 Å². The third-order valence-corrected chi connectivity index (χ3v) is 3.21. The Labute approximate surface area is 113 Å². The molecule has 0 saturated carbocycles. The van der Waals surface area contributed by atoms with Gasteiger partial charge in [0.25, 0.3) is 0 Å². The summed E-state index contributed by atoms with van der Waals surface area (Å²) in [4.78, 5) is 26.5. The van der Waals surface area contributed by atoms with Gasteiger partial charge in [-0.2, -0.15) is 8.78 Å². The number of benzene rings is 1. The van der Waals surface area contributed by atoms with E-state index < -0.39 is 28.8 Å². The summed E-state index contributed by atoms with van der Waals surface area (Å²) < 4.78 is 50.8. The first-order valence-electron chi connectivity index (χ1n) is 5.29. The molecule has 1 aromatic carbocycles. The van der Waals surface area contributed by atoms with E-state index in [0.717, 1.165) is 12.1 Å². The number of fused-ring (bicyclic) bond motifs is 1. The third-order valence-electron chi connectivity index (χ3n) is 2.67. The summed E-state index contributed by atoms with van der Waals surface area (Å²) in [6, 6.07) is 3.28. The summed E-state index contributed by atoms with van der Waals surface area (Å²) in [5.41, 5.74) is -2.01.